The highest BCUT2D eigenvalue weighted by molar-refractivity contribution is 7.10. The lowest BCUT2D eigenvalue weighted by Crippen LogP contribution is -2.40. The van der Waals surface area contributed by atoms with Gasteiger partial charge in [0.1, 0.15) is 0 Å². The van der Waals surface area contributed by atoms with Crippen LogP contribution in [0, 0.1) is 0 Å². The zero-order valence-electron chi connectivity index (χ0n) is 14.1. The number of fused-ring (bicyclic) bond motifs is 1. The molecule has 136 valence electrons. The summed E-state index contributed by atoms with van der Waals surface area (Å²) in [6, 6.07) is 5.84. The van der Waals surface area contributed by atoms with Crippen molar-refractivity contribution in [3.63, 3.8) is 0 Å². The van der Waals surface area contributed by atoms with Gasteiger partial charge in [-0.05, 0) is 41.3 Å². The Kier molecular flexibility index (Phi) is 4.78. The summed E-state index contributed by atoms with van der Waals surface area (Å²) in [6.45, 7) is 1.05. The molecule has 0 unspecified atom stereocenters. The predicted octanol–water partition coefficient (Wildman–Crippen LogP) is 2.62. The van der Waals surface area contributed by atoms with Gasteiger partial charge in [0.05, 0.1) is 12.6 Å². The highest BCUT2D eigenvalue weighted by Gasteiger charge is 2.33. The molecule has 26 heavy (non-hydrogen) atoms. The van der Waals surface area contributed by atoms with E-state index in [0.717, 1.165) is 6.42 Å². The second-order valence-corrected chi connectivity index (χ2v) is 8.34. The number of hydrogen-bond acceptors (Lipinski definition) is 5. The van der Waals surface area contributed by atoms with Crippen molar-refractivity contribution < 1.29 is 14.4 Å². The van der Waals surface area contributed by atoms with Gasteiger partial charge in [-0.1, -0.05) is 6.07 Å². The largest absolute Gasteiger partial charge is 0.330 e. The molecular weight excluding hydrogens is 370 g/mol. The SMILES string of the molecule is O=C1CNC(=O)N1CCCC(=O)N1CCc2sccc2[C@@H]1c1cccs1. The van der Waals surface area contributed by atoms with Gasteiger partial charge in [-0.3, -0.25) is 14.5 Å². The maximum atomic E-state index is 12.9. The number of imide groups is 1. The molecule has 0 bridgehead atoms. The number of hydrogen-bond donors (Lipinski definition) is 1. The second-order valence-electron chi connectivity index (χ2n) is 6.36. The van der Waals surface area contributed by atoms with Crippen molar-refractivity contribution >= 4 is 40.5 Å². The van der Waals surface area contributed by atoms with Crippen LogP contribution in [0.2, 0.25) is 0 Å². The Labute approximate surface area is 159 Å². The number of rotatable bonds is 5. The van der Waals surface area contributed by atoms with Crippen LogP contribution >= 0.6 is 22.7 Å². The third kappa shape index (κ3) is 3.14. The molecule has 2 aliphatic rings. The predicted molar refractivity (Wildman–Crippen MR) is 100 cm³/mol. The minimum Gasteiger partial charge on any atom is -0.330 e. The normalized spacial score (nSPS) is 19.6. The monoisotopic (exact) mass is 389 g/mol. The molecule has 1 saturated heterocycles. The van der Waals surface area contributed by atoms with Crippen molar-refractivity contribution in [2.24, 2.45) is 0 Å². The second kappa shape index (κ2) is 7.20. The Morgan fingerprint density at radius 3 is 2.85 bits per heavy atom. The van der Waals surface area contributed by atoms with E-state index < -0.39 is 0 Å². The van der Waals surface area contributed by atoms with Crippen molar-refractivity contribution in [2.75, 3.05) is 19.6 Å². The highest BCUT2D eigenvalue weighted by Crippen LogP contribution is 2.39. The van der Waals surface area contributed by atoms with Crippen LogP contribution in [0.4, 0.5) is 4.79 Å². The maximum absolute atomic E-state index is 12.9. The van der Waals surface area contributed by atoms with Crippen molar-refractivity contribution in [1.29, 1.82) is 0 Å². The number of urea groups is 1. The summed E-state index contributed by atoms with van der Waals surface area (Å²) in [6.07, 6.45) is 1.70. The van der Waals surface area contributed by atoms with Gasteiger partial charge in [-0.2, -0.15) is 0 Å². The van der Waals surface area contributed by atoms with Crippen LogP contribution in [-0.4, -0.2) is 47.3 Å². The lowest BCUT2D eigenvalue weighted by atomic mass is 9.98. The van der Waals surface area contributed by atoms with Gasteiger partial charge in [0, 0.05) is 29.3 Å². The van der Waals surface area contributed by atoms with E-state index in [9.17, 15) is 14.4 Å². The Bertz CT molecular complexity index is 815. The number of carbonyl (C=O) groups excluding carboxylic acids is 3. The van der Waals surface area contributed by atoms with Crippen molar-refractivity contribution in [2.45, 2.75) is 25.3 Å². The summed E-state index contributed by atoms with van der Waals surface area (Å²) in [5, 5.41) is 6.63. The Morgan fingerprint density at radius 1 is 1.23 bits per heavy atom. The first kappa shape index (κ1) is 17.2. The maximum Gasteiger partial charge on any atom is 0.324 e. The summed E-state index contributed by atoms with van der Waals surface area (Å²) >= 11 is 3.42. The van der Waals surface area contributed by atoms with Gasteiger partial charge in [0.25, 0.3) is 0 Å². The van der Waals surface area contributed by atoms with E-state index in [-0.39, 0.29) is 37.0 Å². The fourth-order valence-electron chi connectivity index (χ4n) is 3.55. The van der Waals surface area contributed by atoms with Gasteiger partial charge in [-0.15, -0.1) is 22.7 Å². The van der Waals surface area contributed by atoms with E-state index in [2.05, 4.69) is 22.8 Å². The van der Waals surface area contributed by atoms with Gasteiger partial charge >= 0.3 is 6.03 Å². The third-order valence-corrected chi connectivity index (χ3v) is 6.73. The lowest BCUT2D eigenvalue weighted by molar-refractivity contribution is -0.134. The van der Waals surface area contributed by atoms with Crippen LogP contribution in [0.3, 0.4) is 0 Å². The van der Waals surface area contributed by atoms with Gasteiger partial charge < -0.3 is 10.2 Å². The first-order valence-corrected chi connectivity index (χ1v) is 10.4. The number of thiophene rings is 2. The molecule has 1 N–H and O–H groups in total. The molecule has 8 heteroatoms. The quantitative estimate of drug-likeness (QED) is 0.799. The van der Waals surface area contributed by atoms with Crippen LogP contribution in [0.1, 0.15) is 34.2 Å². The Hall–Kier alpha value is -2.19. The summed E-state index contributed by atoms with van der Waals surface area (Å²) in [4.78, 5) is 41.8. The zero-order valence-corrected chi connectivity index (χ0v) is 15.8. The van der Waals surface area contributed by atoms with Crippen molar-refractivity contribution in [3.05, 3.63) is 44.3 Å². The molecule has 0 aliphatic carbocycles. The minimum absolute atomic E-state index is 0.0192. The molecule has 0 spiro atoms. The van der Waals surface area contributed by atoms with Gasteiger partial charge in [-0.25, -0.2) is 4.79 Å². The lowest BCUT2D eigenvalue weighted by Gasteiger charge is -2.35. The summed E-state index contributed by atoms with van der Waals surface area (Å²) < 4.78 is 0. The molecule has 0 saturated carbocycles. The summed E-state index contributed by atoms with van der Waals surface area (Å²) in [5.74, 6) is -0.146. The molecule has 2 aliphatic heterocycles. The molecule has 4 heterocycles. The molecule has 1 atom stereocenters. The zero-order chi connectivity index (χ0) is 18.1. The first-order valence-electron chi connectivity index (χ1n) is 8.62. The molecule has 0 radical (unpaired) electrons. The van der Waals surface area contributed by atoms with E-state index in [4.69, 9.17) is 0 Å². The molecule has 0 aromatic carbocycles. The third-order valence-electron chi connectivity index (χ3n) is 4.81. The summed E-state index contributed by atoms with van der Waals surface area (Å²) in [7, 11) is 0. The van der Waals surface area contributed by atoms with E-state index in [1.54, 1.807) is 22.7 Å². The van der Waals surface area contributed by atoms with Crippen LogP contribution < -0.4 is 5.32 Å². The van der Waals surface area contributed by atoms with Crippen molar-refractivity contribution in [3.8, 4) is 0 Å². The fourth-order valence-corrected chi connectivity index (χ4v) is 5.31. The summed E-state index contributed by atoms with van der Waals surface area (Å²) in [5.41, 5.74) is 1.23. The highest BCUT2D eigenvalue weighted by atomic mass is 32.1. The molecule has 4 rings (SSSR count). The molecule has 1 fully saturated rings. The van der Waals surface area contributed by atoms with Crippen LogP contribution in [-0.2, 0) is 16.0 Å². The molecule has 2 aromatic rings. The van der Waals surface area contributed by atoms with Crippen LogP contribution in [0.25, 0.3) is 0 Å². The number of carbonyl (C=O) groups is 3. The van der Waals surface area contributed by atoms with E-state index in [0.29, 0.717) is 19.4 Å². The average Bonchev–Trinajstić information content (AvgIpc) is 3.37. The Balaban J connectivity index is 1.45. The van der Waals surface area contributed by atoms with Crippen LogP contribution in [0.5, 0.6) is 0 Å². The van der Waals surface area contributed by atoms with E-state index in [1.165, 1.54) is 20.2 Å². The molecular formula is C18H19N3O3S2. The Morgan fingerprint density at radius 2 is 2.12 bits per heavy atom. The first-order chi connectivity index (χ1) is 12.6. The standard InChI is InChI=1S/C18H19N3O3S2/c22-15(4-1-7-21-16(23)11-19-18(21)24)20-8-5-13-12(6-10-26-13)17(20)14-3-2-9-25-14/h2-3,6,9-10,17H,1,4-5,7-8,11H2,(H,19,24)/t17-/m1/s1. The number of amides is 4. The molecule has 4 amide bonds. The van der Waals surface area contributed by atoms with Gasteiger partial charge in [0.15, 0.2) is 0 Å². The van der Waals surface area contributed by atoms with Crippen LogP contribution in [0.15, 0.2) is 29.0 Å². The molecule has 2 aromatic heterocycles. The van der Waals surface area contributed by atoms with Gasteiger partial charge in [0.2, 0.25) is 11.8 Å². The fraction of sp³-hybridized carbons (Fsp3) is 0.389. The molecule has 6 nitrogen and oxygen atoms in total. The number of nitrogens with zero attached hydrogens (tertiary/aromatic N) is 2. The van der Waals surface area contributed by atoms with Crippen molar-refractivity contribution in [1.82, 2.24) is 15.1 Å². The minimum atomic E-state index is -0.361. The van der Waals surface area contributed by atoms with E-state index in [1.807, 2.05) is 16.3 Å². The smallest absolute Gasteiger partial charge is 0.324 e. The van der Waals surface area contributed by atoms with E-state index >= 15 is 0 Å². The number of nitrogens with one attached hydrogen (secondary N) is 1. The average molecular weight is 390 g/mol. The topological polar surface area (TPSA) is 69.7 Å².